The monoisotopic (exact) mass is 256 g/mol. The van der Waals surface area contributed by atoms with E-state index in [0.717, 1.165) is 22.4 Å². The van der Waals surface area contributed by atoms with Crippen LogP contribution in [-0.4, -0.2) is 12.2 Å². The van der Waals surface area contributed by atoms with Gasteiger partial charge in [-0.15, -0.1) is 0 Å². The molecule has 0 spiro atoms. The van der Waals surface area contributed by atoms with E-state index in [1.165, 1.54) is 5.56 Å². The Morgan fingerprint density at radius 2 is 1.84 bits per heavy atom. The minimum Gasteiger partial charge on any atom is -0.496 e. The summed E-state index contributed by atoms with van der Waals surface area (Å²) in [5, 5.41) is 10.4. The summed E-state index contributed by atoms with van der Waals surface area (Å²) in [7, 11) is 1.66. The van der Waals surface area contributed by atoms with Gasteiger partial charge in [-0.3, -0.25) is 0 Å². The van der Waals surface area contributed by atoms with Crippen LogP contribution in [0.3, 0.4) is 0 Å². The van der Waals surface area contributed by atoms with E-state index in [1.54, 1.807) is 7.11 Å². The minimum absolute atomic E-state index is 0.503. The van der Waals surface area contributed by atoms with Gasteiger partial charge in [-0.1, -0.05) is 42.0 Å². The summed E-state index contributed by atoms with van der Waals surface area (Å²) >= 11 is 0. The first-order valence-corrected chi connectivity index (χ1v) is 6.49. The predicted octanol–water partition coefficient (Wildman–Crippen LogP) is 3.59. The molecular weight excluding hydrogens is 236 g/mol. The van der Waals surface area contributed by atoms with E-state index in [9.17, 15) is 5.11 Å². The maximum atomic E-state index is 10.4. The van der Waals surface area contributed by atoms with E-state index in [2.05, 4.69) is 6.07 Å². The standard InChI is InChI=1S/C17H20O2/c1-12-8-9-17(19-3)14(10-12)11-16(18)15-7-5-4-6-13(15)2/h4-10,16,18H,11H2,1-3H3. The molecule has 2 rings (SSSR count). The van der Waals surface area contributed by atoms with Gasteiger partial charge in [0.2, 0.25) is 0 Å². The minimum atomic E-state index is -0.503. The molecule has 0 aliphatic rings. The fourth-order valence-electron chi connectivity index (χ4n) is 2.35. The Morgan fingerprint density at radius 1 is 1.11 bits per heavy atom. The Labute approximate surface area is 114 Å². The van der Waals surface area contributed by atoms with Crippen molar-refractivity contribution in [2.75, 3.05) is 7.11 Å². The summed E-state index contributed by atoms with van der Waals surface area (Å²) in [4.78, 5) is 0. The maximum absolute atomic E-state index is 10.4. The van der Waals surface area contributed by atoms with Gasteiger partial charge in [0.25, 0.3) is 0 Å². The van der Waals surface area contributed by atoms with Gasteiger partial charge < -0.3 is 9.84 Å². The van der Waals surface area contributed by atoms with Crippen molar-refractivity contribution < 1.29 is 9.84 Å². The molecule has 0 amide bonds. The smallest absolute Gasteiger partial charge is 0.122 e. The van der Waals surface area contributed by atoms with Crippen LogP contribution in [0.1, 0.15) is 28.4 Å². The lowest BCUT2D eigenvalue weighted by molar-refractivity contribution is 0.176. The van der Waals surface area contributed by atoms with Gasteiger partial charge >= 0.3 is 0 Å². The predicted molar refractivity (Wildman–Crippen MR) is 77.6 cm³/mol. The van der Waals surface area contributed by atoms with Crippen molar-refractivity contribution in [3.05, 3.63) is 64.7 Å². The lowest BCUT2D eigenvalue weighted by Crippen LogP contribution is -2.05. The topological polar surface area (TPSA) is 29.5 Å². The van der Waals surface area contributed by atoms with Crippen LogP contribution in [-0.2, 0) is 6.42 Å². The number of aliphatic hydroxyl groups excluding tert-OH is 1. The fraction of sp³-hybridized carbons (Fsp3) is 0.294. The highest BCUT2D eigenvalue weighted by Gasteiger charge is 2.13. The first kappa shape index (κ1) is 13.6. The lowest BCUT2D eigenvalue weighted by atomic mass is 9.96. The zero-order valence-electron chi connectivity index (χ0n) is 11.7. The summed E-state index contributed by atoms with van der Waals surface area (Å²) in [6.45, 7) is 4.06. The molecule has 0 saturated carbocycles. The highest BCUT2D eigenvalue weighted by atomic mass is 16.5. The first-order chi connectivity index (χ1) is 9.11. The first-order valence-electron chi connectivity index (χ1n) is 6.49. The summed E-state index contributed by atoms with van der Waals surface area (Å²) in [6.07, 6.45) is 0.0623. The molecule has 0 fully saturated rings. The fourth-order valence-corrected chi connectivity index (χ4v) is 2.35. The highest BCUT2D eigenvalue weighted by Crippen LogP contribution is 2.27. The van der Waals surface area contributed by atoms with Crippen LogP contribution in [0, 0.1) is 13.8 Å². The van der Waals surface area contributed by atoms with Gasteiger partial charge in [0, 0.05) is 6.42 Å². The van der Waals surface area contributed by atoms with E-state index < -0.39 is 6.10 Å². The molecule has 0 aromatic heterocycles. The summed E-state index contributed by atoms with van der Waals surface area (Å²) in [5.41, 5.74) is 4.30. The third kappa shape index (κ3) is 3.15. The number of ether oxygens (including phenoxy) is 1. The van der Waals surface area contributed by atoms with E-state index in [1.807, 2.05) is 50.2 Å². The van der Waals surface area contributed by atoms with Crippen LogP contribution >= 0.6 is 0 Å². The number of rotatable bonds is 4. The molecule has 2 aromatic rings. The van der Waals surface area contributed by atoms with Gasteiger partial charge in [0.05, 0.1) is 13.2 Å². The Bertz CT molecular complexity index is 561. The van der Waals surface area contributed by atoms with Crippen molar-refractivity contribution >= 4 is 0 Å². The SMILES string of the molecule is COc1ccc(C)cc1CC(O)c1ccccc1C. The van der Waals surface area contributed by atoms with Crippen molar-refractivity contribution in [3.63, 3.8) is 0 Å². The zero-order valence-corrected chi connectivity index (χ0v) is 11.7. The maximum Gasteiger partial charge on any atom is 0.122 e. The average molecular weight is 256 g/mol. The second-order valence-corrected chi connectivity index (χ2v) is 4.89. The van der Waals surface area contributed by atoms with Crippen LogP contribution in [0.4, 0.5) is 0 Å². The molecule has 0 saturated heterocycles. The molecule has 0 bridgehead atoms. The Hall–Kier alpha value is -1.80. The summed E-state index contributed by atoms with van der Waals surface area (Å²) in [6, 6.07) is 14.0. The number of hydrogen-bond acceptors (Lipinski definition) is 2. The van der Waals surface area contributed by atoms with Crippen molar-refractivity contribution in [3.8, 4) is 5.75 Å². The molecule has 1 unspecified atom stereocenters. The Morgan fingerprint density at radius 3 is 2.53 bits per heavy atom. The quantitative estimate of drug-likeness (QED) is 0.906. The van der Waals surface area contributed by atoms with E-state index >= 15 is 0 Å². The van der Waals surface area contributed by atoms with Crippen LogP contribution in [0.2, 0.25) is 0 Å². The number of aryl methyl sites for hydroxylation is 2. The molecule has 0 aliphatic heterocycles. The van der Waals surface area contributed by atoms with Crippen molar-refractivity contribution in [2.45, 2.75) is 26.4 Å². The highest BCUT2D eigenvalue weighted by molar-refractivity contribution is 5.38. The van der Waals surface area contributed by atoms with Gasteiger partial charge in [-0.2, -0.15) is 0 Å². The molecule has 100 valence electrons. The molecule has 0 radical (unpaired) electrons. The molecule has 0 aliphatic carbocycles. The largest absolute Gasteiger partial charge is 0.496 e. The number of hydrogen-bond donors (Lipinski definition) is 1. The third-order valence-electron chi connectivity index (χ3n) is 3.40. The molecule has 1 atom stereocenters. The molecule has 19 heavy (non-hydrogen) atoms. The van der Waals surface area contributed by atoms with Gasteiger partial charge in [-0.25, -0.2) is 0 Å². The summed E-state index contributed by atoms with van der Waals surface area (Å²) < 4.78 is 5.36. The molecule has 0 heterocycles. The van der Waals surface area contributed by atoms with Gasteiger partial charge in [0.1, 0.15) is 5.75 Å². The molecule has 2 heteroatoms. The van der Waals surface area contributed by atoms with Crippen LogP contribution in [0.25, 0.3) is 0 Å². The second-order valence-electron chi connectivity index (χ2n) is 4.89. The Balaban J connectivity index is 2.26. The molecular formula is C17H20O2. The van der Waals surface area contributed by atoms with E-state index in [0.29, 0.717) is 6.42 Å². The lowest BCUT2D eigenvalue weighted by Gasteiger charge is -2.16. The van der Waals surface area contributed by atoms with Crippen molar-refractivity contribution in [1.82, 2.24) is 0 Å². The molecule has 1 N–H and O–H groups in total. The van der Waals surface area contributed by atoms with E-state index in [4.69, 9.17) is 4.74 Å². The molecule has 2 nitrogen and oxygen atoms in total. The number of benzene rings is 2. The van der Waals surface area contributed by atoms with Crippen LogP contribution < -0.4 is 4.74 Å². The number of aliphatic hydroxyl groups is 1. The van der Waals surface area contributed by atoms with Crippen molar-refractivity contribution in [1.29, 1.82) is 0 Å². The third-order valence-corrected chi connectivity index (χ3v) is 3.40. The second kappa shape index (κ2) is 5.89. The van der Waals surface area contributed by atoms with E-state index in [-0.39, 0.29) is 0 Å². The van der Waals surface area contributed by atoms with Gasteiger partial charge in [0.15, 0.2) is 0 Å². The molecule has 2 aromatic carbocycles. The van der Waals surface area contributed by atoms with Crippen LogP contribution in [0.5, 0.6) is 5.75 Å². The number of methoxy groups -OCH3 is 1. The summed E-state index contributed by atoms with van der Waals surface area (Å²) in [5.74, 6) is 0.832. The normalized spacial score (nSPS) is 12.2. The Kier molecular flexibility index (Phi) is 4.23. The van der Waals surface area contributed by atoms with Gasteiger partial charge in [-0.05, 0) is 36.6 Å². The zero-order chi connectivity index (χ0) is 13.8. The average Bonchev–Trinajstić information content (AvgIpc) is 2.39. The van der Waals surface area contributed by atoms with Crippen molar-refractivity contribution in [2.24, 2.45) is 0 Å². The van der Waals surface area contributed by atoms with Crippen LogP contribution in [0.15, 0.2) is 42.5 Å².